The number of benzene rings is 1. The van der Waals surface area contributed by atoms with Crippen molar-refractivity contribution in [3.05, 3.63) is 40.6 Å². The smallest absolute Gasteiger partial charge is 0.265 e. The fourth-order valence-electron chi connectivity index (χ4n) is 2.84. The summed E-state index contributed by atoms with van der Waals surface area (Å²) >= 11 is 1.41. The molecule has 0 aliphatic heterocycles. The van der Waals surface area contributed by atoms with Crippen molar-refractivity contribution in [1.82, 2.24) is 4.90 Å². The van der Waals surface area contributed by atoms with Crippen LogP contribution in [-0.4, -0.2) is 43.2 Å². The van der Waals surface area contributed by atoms with Gasteiger partial charge in [0, 0.05) is 30.4 Å². The topological polar surface area (TPSA) is 50.8 Å². The zero-order chi connectivity index (χ0) is 19.1. The minimum atomic E-state index is -0.123. The van der Waals surface area contributed by atoms with E-state index in [1.165, 1.54) is 11.3 Å². The van der Waals surface area contributed by atoms with E-state index in [1.54, 1.807) is 19.2 Å². The molecule has 0 atom stereocenters. The highest BCUT2D eigenvalue weighted by Crippen LogP contribution is 2.30. The van der Waals surface area contributed by atoms with Gasteiger partial charge in [-0.2, -0.15) is 0 Å². The quantitative estimate of drug-likeness (QED) is 0.700. The van der Waals surface area contributed by atoms with Gasteiger partial charge in [0.2, 0.25) is 0 Å². The molecule has 26 heavy (non-hydrogen) atoms. The minimum absolute atomic E-state index is 0.123. The molecule has 0 saturated carbocycles. The van der Waals surface area contributed by atoms with Crippen LogP contribution in [0.4, 0.5) is 5.69 Å². The molecule has 2 aromatic rings. The largest absolute Gasteiger partial charge is 0.493 e. The number of hydrogen-bond acceptors (Lipinski definition) is 5. The number of rotatable bonds is 9. The van der Waals surface area contributed by atoms with E-state index in [0.717, 1.165) is 6.54 Å². The first-order chi connectivity index (χ1) is 12.4. The summed E-state index contributed by atoms with van der Waals surface area (Å²) in [5, 5.41) is 4.78. The van der Waals surface area contributed by atoms with Gasteiger partial charge in [-0.15, -0.1) is 11.3 Å². The number of amides is 1. The zero-order valence-electron chi connectivity index (χ0n) is 16.1. The fourth-order valence-corrected chi connectivity index (χ4v) is 3.46. The van der Waals surface area contributed by atoms with E-state index >= 15 is 0 Å². The van der Waals surface area contributed by atoms with E-state index in [1.807, 2.05) is 23.6 Å². The maximum Gasteiger partial charge on any atom is 0.265 e. The summed E-state index contributed by atoms with van der Waals surface area (Å²) in [5.41, 5.74) is 0.684. The second kappa shape index (κ2) is 9.59. The van der Waals surface area contributed by atoms with Gasteiger partial charge in [-0.3, -0.25) is 9.69 Å². The van der Waals surface area contributed by atoms with Crippen LogP contribution in [0.25, 0.3) is 0 Å². The fraction of sp³-hybridized carbons (Fsp3) is 0.450. The molecule has 1 aromatic carbocycles. The third-order valence-corrected chi connectivity index (χ3v) is 4.97. The Morgan fingerprint density at radius 3 is 2.46 bits per heavy atom. The molecule has 0 spiro atoms. The lowest BCUT2D eigenvalue weighted by Crippen LogP contribution is -2.39. The van der Waals surface area contributed by atoms with Crippen LogP contribution in [-0.2, 0) is 0 Å². The number of methoxy groups -OCH3 is 1. The molecule has 0 aliphatic rings. The summed E-state index contributed by atoms with van der Waals surface area (Å²) < 4.78 is 11.3. The molecule has 6 heteroatoms. The van der Waals surface area contributed by atoms with Crippen LogP contribution in [0.2, 0.25) is 0 Å². The molecule has 0 radical (unpaired) electrons. The van der Waals surface area contributed by atoms with E-state index in [4.69, 9.17) is 9.47 Å². The maximum atomic E-state index is 12.2. The number of anilines is 1. The summed E-state index contributed by atoms with van der Waals surface area (Å²) in [5.74, 6) is 1.16. The summed E-state index contributed by atoms with van der Waals surface area (Å²) in [6.07, 6.45) is 0. The van der Waals surface area contributed by atoms with E-state index in [9.17, 15) is 4.79 Å². The number of carbonyl (C=O) groups is 1. The van der Waals surface area contributed by atoms with Gasteiger partial charge in [-0.25, -0.2) is 0 Å². The lowest BCUT2D eigenvalue weighted by atomic mass is 10.2. The number of hydrogen-bond donors (Lipinski definition) is 1. The van der Waals surface area contributed by atoms with Gasteiger partial charge >= 0.3 is 0 Å². The molecule has 1 heterocycles. The first-order valence-corrected chi connectivity index (χ1v) is 9.71. The van der Waals surface area contributed by atoms with Crippen molar-refractivity contribution in [2.45, 2.75) is 39.8 Å². The van der Waals surface area contributed by atoms with Gasteiger partial charge in [0.15, 0.2) is 11.5 Å². The minimum Gasteiger partial charge on any atom is -0.493 e. The monoisotopic (exact) mass is 376 g/mol. The van der Waals surface area contributed by atoms with Gasteiger partial charge in [0.1, 0.15) is 6.61 Å². The van der Waals surface area contributed by atoms with Crippen molar-refractivity contribution in [3.8, 4) is 11.5 Å². The first kappa shape index (κ1) is 20.3. The Morgan fingerprint density at radius 1 is 1.15 bits per heavy atom. The Morgan fingerprint density at radius 2 is 1.88 bits per heavy atom. The number of carbonyl (C=O) groups excluding carboxylic acids is 1. The molecule has 142 valence electrons. The van der Waals surface area contributed by atoms with E-state index in [-0.39, 0.29) is 5.91 Å². The summed E-state index contributed by atoms with van der Waals surface area (Å²) in [7, 11) is 1.61. The lowest BCUT2D eigenvalue weighted by molar-refractivity contribution is 0.103. The molecule has 0 fully saturated rings. The summed E-state index contributed by atoms with van der Waals surface area (Å²) in [6.45, 7) is 10.1. The predicted molar refractivity (Wildman–Crippen MR) is 108 cm³/mol. The highest BCUT2D eigenvalue weighted by Gasteiger charge is 2.14. The van der Waals surface area contributed by atoms with Crippen LogP contribution in [0.3, 0.4) is 0 Å². The molecule has 1 amide bonds. The third-order valence-electron chi connectivity index (χ3n) is 4.10. The van der Waals surface area contributed by atoms with Crippen molar-refractivity contribution in [1.29, 1.82) is 0 Å². The average molecular weight is 377 g/mol. The second-order valence-electron chi connectivity index (χ2n) is 6.57. The Kier molecular flexibility index (Phi) is 7.48. The van der Waals surface area contributed by atoms with Gasteiger partial charge in [0.25, 0.3) is 5.91 Å². The highest BCUT2D eigenvalue weighted by molar-refractivity contribution is 7.12. The van der Waals surface area contributed by atoms with E-state index in [2.05, 4.69) is 37.9 Å². The van der Waals surface area contributed by atoms with Crippen molar-refractivity contribution >= 4 is 22.9 Å². The van der Waals surface area contributed by atoms with Gasteiger partial charge in [-0.05, 0) is 51.3 Å². The Hall–Kier alpha value is -2.05. The van der Waals surface area contributed by atoms with E-state index in [0.29, 0.717) is 40.8 Å². The van der Waals surface area contributed by atoms with Gasteiger partial charge in [-0.1, -0.05) is 6.07 Å². The Labute approximate surface area is 159 Å². The number of nitrogens with zero attached hydrogens (tertiary/aromatic N) is 1. The van der Waals surface area contributed by atoms with Crippen LogP contribution in [0.15, 0.2) is 35.7 Å². The highest BCUT2D eigenvalue weighted by atomic mass is 32.1. The maximum absolute atomic E-state index is 12.2. The standard InChI is InChI=1S/C20H28N2O3S/c1-14(2)22(15(3)4)10-11-25-18-13-16(8-9-17(18)24-5)21-20(23)19-7-6-12-26-19/h6-9,12-15H,10-11H2,1-5H3,(H,21,23). The molecule has 2 rings (SSSR count). The van der Waals surface area contributed by atoms with Crippen molar-refractivity contribution in [3.63, 3.8) is 0 Å². The Balaban J connectivity index is 2.03. The van der Waals surface area contributed by atoms with Crippen LogP contribution in [0.5, 0.6) is 11.5 Å². The average Bonchev–Trinajstić information content (AvgIpc) is 3.13. The zero-order valence-corrected chi connectivity index (χ0v) is 16.9. The lowest BCUT2D eigenvalue weighted by Gasteiger charge is -2.30. The summed E-state index contributed by atoms with van der Waals surface area (Å²) in [4.78, 5) is 15.3. The molecular formula is C20H28N2O3S. The van der Waals surface area contributed by atoms with Gasteiger partial charge in [0.05, 0.1) is 12.0 Å². The number of nitrogens with one attached hydrogen (secondary N) is 1. The number of ether oxygens (including phenoxy) is 2. The molecule has 0 unspecified atom stereocenters. The SMILES string of the molecule is COc1ccc(NC(=O)c2cccs2)cc1OCCN(C(C)C)C(C)C. The molecule has 1 aromatic heterocycles. The molecular weight excluding hydrogens is 348 g/mol. The molecule has 0 aliphatic carbocycles. The molecule has 5 nitrogen and oxygen atoms in total. The van der Waals surface area contributed by atoms with Crippen molar-refractivity contribution < 1.29 is 14.3 Å². The number of thiophene rings is 1. The van der Waals surface area contributed by atoms with Crippen LogP contribution in [0, 0.1) is 0 Å². The third kappa shape index (κ3) is 5.47. The second-order valence-corrected chi connectivity index (χ2v) is 7.52. The molecule has 0 saturated heterocycles. The van der Waals surface area contributed by atoms with Crippen molar-refractivity contribution in [2.24, 2.45) is 0 Å². The van der Waals surface area contributed by atoms with E-state index < -0.39 is 0 Å². The Bertz CT molecular complexity index is 691. The normalized spacial score (nSPS) is 11.2. The molecule has 0 bridgehead atoms. The van der Waals surface area contributed by atoms with Crippen LogP contribution < -0.4 is 14.8 Å². The van der Waals surface area contributed by atoms with Gasteiger partial charge < -0.3 is 14.8 Å². The molecule has 1 N–H and O–H groups in total. The van der Waals surface area contributed by atoms with Crippen LogP contribution in [0.1, 0.15) is 37.4 Å². The predicted octanol–water partition coefficient (Wildman–Crippen LogP) is 4.51. The van der Waals surface area contributed by atoms with Crippen molar-refractivity contribution in [2.75, 3.05) is 25.6 Å². The first-order valence-electron chi connectivity index (χ1n) is 8.83. The summed E-state index contributed by atoms with van der Waals surface area (Å²) in [6, 6.07) is 9.99. The van der Waals surface area contributed by atoms with Crippen LogP contribution >= 0.6 is 11.3 Å².